The lowest BCUT2D eigenvalue weighted by Gasteiger charge is -2.31. The highest BCUT2D eigenvalue weighted by molar-refractivity contribution is 7.89. The maximum atomic E-state index is 11.8. The fourth-order valence-corrected chi connectivity index (χ4v) is 3.63. The van der Waals surface area contributed by atoms with Crippen LogP contribution in [-0.4, -0.2) is 54.8 Å². The van der Waals surface area contributed by atoms with E-state index in [2.05, 4.69) is 0 Å². The first kappa shape index (κ1) is 11.8. The molecule has 2 atom stereocenters. The summed E-state index contributed by atoms with van der Waals surface area (Å²) in [5.74, 6) is -1.40. The van der Waals surface area contributed by atoms with Gasteiger partial charge in [0.05, 0.1) is 24.4 Å². The molecule has 0 saturated carbocycles. The van der Waals surface area contributed by atoms with Crippen molar-refractivity contribution in [3.8, 4) is 0 Å². The zero-order valence-electron chi connectivity index (χ0n) is 8.83. The topological polar surface area (TPSA) is 83.9 Å². The summed E-state index contributed by atoms with van der Waals surface area (Å²) in [6.07, 6.45) is 1.46. The van der Waals surface area contributed by atoms with Gasteiger partial charge in [0.1, 0.15) is 0 Å². The minimum Gasteiger partial charge on any atom is -0.481 e. The number of hydrogen-bond acceptors (Lipinski definition) is 4. The highest BCUT2D eigenvalue weighted by Crippen LogP contribution is 2.27. The maximum Gasteiger partial charge on any atom is 0.304 e. The van der Waals surface area contributed by atoms with Crippen LogP contribution in [0, 0.1) is 0 Å². The zero-order valence-corrected chi connectivity index (χ0v) is 9.65. The number of carboxylic acid groups (broad SMARTS) is 1. The van der Waals surface area contributed by atoms with Gasteiger partial charge in [0.25, 0.3) is 0 Å². The minimum absolute atomic E-state index is 0.00152. The van der Waals surface area contributed by atoms with Crippen molar-refractivity contribution in [3.63, 3.8) is 0 Å². The Balaban J connectivity index is 1.98. The van der Waals surface area contributed by atoms with Gasteiger partial charge >= 0.3 is 5.97 Å². The van der Waals surface area contributed by atoms with Crippen LogP contribution in [0.4, 0.5) is 0 Å². The SMILES string of the molecule is O=C(O)CCS(=O)(=O)N1CC2CCC(C1)O2. The van der Waals surface area contributed by atoms with Gasteiger partial charge in [-0.2, -0.15) is 4.31 Å². The van der Waals surface area contributed by atoms with Crippen LogP contribution in [0.25, 0.3) is 0 Å². The Bertz CT molecular complexity index is 367. The van der Waals surface area contributed by atoms with Crippen LogP contribution in [0.1, 0.15) is 19.3 Å². The number of rotatable bonds is 4. The van der Waals surface area contributed by atoms with Crippen molar-refractivity contribution in [2.75, 3.05) is 18.8 Å². The number of nitrogens with zero attached hydrogens (tertiary/aromatic N) is 1. The molecule has 7 heteroatoms. The second-order valence-corrected chi connectivity index (χ2v) is 6.32. The summed E-state index contributed by atoms with van der Waals surface area (Å²) in [4.78, 5) is 10.4. The molecule has 0 aromatic rings. The molecule has 0 amide bonds. The minimum atomic E-state index is -3.43. The van der Waals surface area contributed by atoms with Gasteiger partial charge in [-0.15, -0.1) is 0 Å². The molecule has 6 nitrogen and oxygen atoms in total. The Morgan fingerprint density at radius 2 is 1.88 bits per heavy atom. The van der Waals surface area contributed by atoms with E-state index in [9.17, 15) is 13.2 Å². The molecular formula is C9H15NO5S. The summed E-state index contributed by atoms with van der Waals surface area (Å²) in [5, 5.41) is 8.48. The molecular weight excluding hydrogens is 234 g/mol. The van der Waals surface area contributed by atoms with Gasteiger partial charge in [0, 0.05) is 13.1 Å². The predicted octanol–water partition coefficient (Wildman–Crippen LogP) is -0.346. The van der Waals surface area contributed by atoms with E-state index < -0.39 is 16.0 Å². The van der Waals surface area contributed by atoms with E-state index in [-0.39, 0.29) is 24.4 Å². The first-order valence-electron chi connectivity index (χ1n) is 5.32. The smallest absolute Gasteiger partial charge is 0.304 e. The van der Waals surface area contributed by atoms with E-state index in [4.69, 9.17) is 9.84 Å². The number of carboxylic acids is 1. The molecule has 0 aromatic carbocycles. The van der Waals surface area contributed by atoms with E-state index in [1.165, 1.54) is 4.31 Å². The van der Waals surface area contributed by atoms with Crippen LogP contribution < -0.4 is 0 Å². The Morgan fingerprint density at radius 1 is 1.31 bits per heavy atom. The van der Waals surface area contributed by atoms with Crippen molar-refractivity contribution in [2.45, 2.75) is 31.5 Å². The summed E-state index contributed by atoms with van der Waals surface area (Å²) in [6.45, 7) is 0.747. The van der Waals surface area contributed by atoms with E-state index in [1.54, 1.807) is 0 Å². The third-order valence-corrected chi connectivity index (χ3v) is 4.78. The molecule has 2 saturated heterocycles. The molecule has 2 aliphatic heterocycles. The summed E-state index contributed by atoms with van der Waals surface area (Å²) in [6, 6.07) is 0. The van der Waals surface area contributed by atoms with Crippen LogP contribution in [0.5, 0.6) is 0 Å². The standard InChI is InChI=1S/C9H15NO5S/c11-9(12)3-4-16(13,14)10-5-7-1-2-8(6-10)15-7/h7-8H,1-6H2,(H,11,12). The molecule has 2 fully saturated rings. The van der Waals surface area contributed by atoms with Crippen LogP contribution in [0.2, 0.25) is 0 Å². The molecule has 2 rings (SSSR count). The third-order valence-electron chi connectivity index (χ3n) is 2.98. The molecule has 92 valence electrons. The number of sulfonamides is 1. The predicted molar refractivity (Wildman–Crippen MR) is 55.5 cm³/mol. The van der Waals surface area contributed by atoms with E-state index in [0.717, 1.165) is 12.8 Å². The molecule has 0 aliphatic carbocycles. The van der Waals surface area contributed by atoms with Gasteiger partial charge in [0.2, 0.25) is 10.0 Å². The Labute approximate surface area is 94.2 Å². The molecule has 2 heterocycles. The first-order chi connectivity index (χ1) is 7.47. The van der Waals surface area contributed by atoms with Crippen molar-refractivity contribution >= 4 is 16.0 Å². The lowest BCUT2D eigenvalue weighted by atomic mass is 10.2. The molecule has 0 aromatic heterocycles. The van der Waals surface area contributed by atoms with Crippen molar-refractivity contribution in [2.24, 2.45) is 0 Å². The summed E-state index contributed by atoms with van der Waals surface area (Å²) < 4.78 is 30.5. The average molecular weight is 249 g/mol. The third kappa shape index (κ3) is 2.53. The Kier molecular flexibility index (Phi) is 3.18. The lowest BCUT2D eigenvalue weighted by molar-refractivity contribution is -0.136. The molecule has 2 unspecified atom stereocenters. The average Bonchev–Trinajstić information content (AvgIpc) is 2.55. The zero-order chi connectivity index (χ0) is 11.8. The maximum absolute atomic E-state index is 11.8. The second kappa shape index (κ2) is 4.31. The molecule has 2 bridgehead atoms. The fraction of sp³-hybridized carbons (Fsp3) is 0.889. The number of aliphatic carboxylic acids is 1. The van der Waals surface area contributed by atoms with Crippen LogP contribution in [0.3, 0.4) is 0 Å². The number of ether oxygens (including phenoxy) is 1. The first-order valence-corrected chi connectivity index (χ1v) is 6.93. The molecule has 2 aliphatic rings. The highest BCUT2D eigenvalue weighted by atomic mass is 32.2. The van der Waals surface area contributed by atoms with E-state index in [1.807, 2.05) is 0 Å². The molecule has 16 heavy (non-hydrogen) atoms. The van der Waals surface area contributed by atoms with Gasteiger partial charge < -0.3 is 9.84 Å². The summed E-state index contributed by atoms with van der Waals surface area (Å²) in [5.41, 5.74) is 0. The van der Waals surface area contributed by atoms with Gasteiger partial charge in [-0.1, -0.05) is 0 Å². The summed E-state index contributed by atoms with van der Waals surface area (Å²) >= 11 is 0. The molecule has 0 radical (unpaired) electrons. The number of carbonyl (C=O) groups is 1. The normalized spacial score (nSPS) is 30.5. The van der Waals surface area contributed by atoms with Gasteiger partial charge in [-0.3, -0.25) is 4.79 Å². The fourth-order valence-electron chi connectivity index (χ4n) is 2.15. The number of morpholine rings is 1. The van der Waals surface area contributed by atoms with Crippen LogP contribution >= 0.6 is 0 Å². The molecule has 0 spiro atoms. The van der Waals surface area contributed by atoms with E-state index >= 15 is 0 Å². The quantitative estimate of drug-likeness (QED) is 0.736. The largest absolute Gasteiger partial charge is 0.481 e. The van der Waals surface area contributed by atoms with Crippen molar-refractivity contribution in [1.82, 2.24) is 4.31 Å². The molecule has 1 N–H and O–H groups in total. The summed E-state index contributed by atoms with van der Waals surface area (Å²) in [7, 11) is -3.43. The van der Waals surface area contributed by atoms with Gasteiger partial charge in [-0.05, 0) is 12.8 Å². The van der Waals surface area contributed by atoms with Crippen LogP contribution in [-0.2, 0) is 19.6 Å². The monoisotopic (exact) mass is 249 g/mol. The Hall–Kier alpha value is -0.660. The lowest BCUT2D eigenvalue weighted by Crippen LogP contribution is -2.46. The second-order valence-electron chi connectivity index (χ2n) is 4.23. The Morgan fingerprint density at radius 3 is 2.38 bits per heavy atom. The van der Waals surface area contributed by atoms with Crippen molar-refractivity contribution in [1.29, 1.82) is 0 Å². The van der Waals surface area contributed by atoms with Gasteiger partial charge in [0.15, 0.2) is 0 Å². The van der Waals surface area contributed by atoms with Gasteiger partial charge in [-0.25, -0.2) is 8.42 Å². The van der Waals surface area contributed by atoms with Crippen LogP contribution in [0.15, 0.2) is 0 Å². The highest BCUT2D eigenvalue weighted by Gasteiger charge is 2.38. The number of hydrogen-bond donors (Lipinski definition) is 1. The van der Waals surface area contributed by atoms with Crippen molar-refractivity contribution in [3.05, 3.63) is 0 Å². The van der Waals surface area contributed by atoms with E-state index in [0.29, 0.717) is 13.1 Å². The number of fused-ring (bicyclic) bond motifs is 2. The van der Waals surface area contributed by atoms with Crippen molar-refractivity contribution < 1.29 is 23.1 Å².